The molecule has 10 heavy (non-hydrogen) atoms. The summed E-state index contributed by atoms with van der Waals surface area (Å²) in [5.74, 6) is 2.28. The molecule has 0 saturated heterocycles. The molecule has 1 rings (SSSR count). The molecular formula is C8H13NS. The molecule has 1 fully saturated rings. The third-order valence-electron chi connectivity index (χ3n) is 1.82. The van der Waals surface area contributed by atoms with Crippen molar-refractivity contribution in [3.05, 3.63) is 0 Å². The summed E-state index contributed by atoms with van der Waals surface area (Å²) in [4.78, 5) is 0. The van der Waals surface area contributed by atoms with Crippen molar-refractivity contribution in [2.24, 2.45) is 5.41 Å². The average Bonchev–Trinajstić information content (AvgIpc) is 2.70. The second-order valence-corrected chi connectivity index (χ2v) is 4.05. The molecule has 0 unspecified atom stereocenters. The Morgan fingerprint density at radius 2 is 2.30 bits per heavy atom. The van der Waals surface area contributed by atoms with Gasteiger partial charge in [0.2, 0.25) is 0 Å². The molecular weight excluding hydrogens is 142 g/mol. The zero-order valence-corrected chi connectivity index (χ0v) is 7.21. The molecule has 0 aromatic rings. The van der Waals surface area contributed by atoms with Gasteiger partial charge in [0.1, 0.15) is 0 Å². The monoisotopic (exact) mass is 155 g/mol. The Morgan fingerprint density at radius 3 is 2.70 bits per heavy atom. The van der Waals surface area contributed by atoms with E-state index in [1.54, 1.807) is 0 Å². The highest BCUT2D eigenvalue weighted by Crippen LogP contribution is 2.47. The van der Waals surface area contributed by atoms with Crippen LogP contribution < -0.4 is 0 Å². The van der Waals surface area contributed by atoms with Crippen molar-refractivity contribution in [3.8, 4) is 6.07 Å². The van der Waals surface area contributed by atoms with Gasteiger partial charge in [-0.15, -0.1) is 0 Å². The van der Waals surface area contributed by atoms with E-state index in [-0.39, 0.29) is 5.41 Å². The zero-order valence-electron chi connectivity index (χ0n) is 6.39. The summed E-state index contributed by atoms with van der Waals surface area (Å²) in [7, 11) is 0. The maximum absolute atomic E-state index is 8.69. The lowest BCUT2D eigenvalue weighted by Crippen LogP contribution is -1.99. The molecule has 1 saturated carbocycles. The molecule has 0 aromatic carbocycles. The lowest BCUT2D eigenvalue weighted by Gasteiger charge is -2.02. The molecule has 0 aromatic heterocycles. The Balaban J connectivity index is 2.09. The number of rotatable bonds is 4. The predicted octanol–water partition coefficient (Wildman–Crippen LogP) is 2.43. The van der Waals surface area contributed by atoms with E-state index in [0.29, 0.717) is 0 Å². The van der Waals surface area contributed by atoms with Crippen LogP contribution in [-0.2, 0) is 0 Å². The van der Waals surface area contributed by atoms with Crippen LogP contribution in [0.4, 0.5) is 0 Å². The normalized spacial score (nSPS) is 20.0. The van der Waals surface area contributed by atoms with Gasteiger partial charge < -0.3 is 0 Å². The fraction of sp³-hybridized carbons (Fsp3) is 0.875. The molecule has 0 aliphatic heterocycles. The van der Waals surface area contributed by atoms with Crippen molar-refractivity contribution in [2.75, 3.05) is 11.5 Å². The van der Waals surface area contributed by atoms with Crippen molar-refractivity contribution >= 4 is 11.8 Å². The summed E-state index contributed by atoms with van der Waals surface area (Å²) in [5.41, 5.74) is 0.111. The van der Waals surface area contributed by atoms with Crippen molar-refractivity contribution < 1.29 is 0 Å². The van der Waals surface area contributed by atoms with Gasteiger partial charge >= 0.3 is 0 Å². The molecule has 56 valence electrons. The highest BCUT2D eigenvalue weighted by Gasteiger charge is 2.42. The molecule has 0 N–H and O–H groups in total. The minimum Gasteiger partial charge on any atom is -0.198 e. The average molecular weight is 155 g/mol. The van der Waals surface area contributed by atoms with Crippen LogP contribution in [0, 0.1) is 16.7 Å². The Hall–Kier alpha value is -0.160. The van der Waals surface area contributed by atoms with Crippen molar-refractivity contribution in [1.29, 1.82) is 5.26 Å². The molecule has 1 nitrogen and oxygen atoms in total. The van der Waals surface area contributed by atoms with Crippen LogP contribution in [0.2, 0.25) is 0 Å². The fourth-order valence-corrected chi connectivity index (χ4v) is 2.03. The number of nitriles is 1. The van der Waals surface area contributed by atoms with E-state index in [2.05, 4.69) is 13.0 Å². The van der Waals surface area contributed by atoms with Crippen molar-refractivity contribution in [1.82, 2.24) is 0 Å². The van der Waals surface area contributed by atoms with Crippen molar-refractivity contribution in [3.63, 3.8) is 0 Å². The maximum Gasteiger partial charge on any atom is 0.0698 e. The Bertz CT molecular complexity index is 144. The fourth-order valence-electron chi connectivity index (χ4n) is 0.851. The van der Waals surface area contributed by atoms with E-state index in [1.807, 2.05) is 11.8 Å². The Morgan fingerprint density at radius 1 is 1.60 bits per heavy atom. The summed E-state index contributed by atoms with van der Waals surface area (Å²) in [6.07, 6.45) is 3.51. The molecule has 0 heterocycles. The first kappa shape index (κ1) is 7.94. The molecule has 0 bridgehead atoms. The molecule has 0 amide bonds. The zero-order chi connectivity index (χ0) is 7.45. The molecule has 1 aliphatic rings. The van der Waals surface area contributed by atoms with E-state index in [1.165, 1.54) is 12.2 Å². The lowest BCUT2D eigenvalue weighted by molar-refractivity contribution is 0.782. The van der Waals surface area contributed by atoms with Gasteiger partial charge in [-0.2, -0.15) is 17.0 Å². The van der Waals surface area contributed by atoms with Gasteiger partial charge in [0.05, 0.1) is 11.5 Å². The first-order valence-corrected chi connectivity index (χ1v) is 4.97. The smallest absolute Gasteiger partial charge is 0.0698 e. The third kappa shape index (κ3) is 1.91. The van der Waals surface area contributed by atoms with Crippen LogP contribution in [0.1, 0.15) is 26.2 Å². The third-order valence-corrected chi connectivity index (χ3v) is 3.27. The van der Waals surface area contributed by atoms with Crippen LogP contribution in [-0.4, -0.2) is 11.5 Å². The van der Waals surface area contributed by atoms with Gasteiger partial charge in [0.15, 0.2) is 0 Å². The summed E-state index contributed by atoms with van der Waals surface area (Å²) in [5, 5.41) is 8.69. The predicted molar refractivity (Wildman–Crippen MR) is 44.9 cm³/mol. The van der Waals surface area contributed by atoms with Crippen LogP contribution in [0.25, 0.3) is 0 Å². The summed E-state index contributed by atoms with van der Waals surface area (Å²) in [6, 6.07) is 2.39. The van der Waals surface area contributed by atoms with E-state index < -0.39 is 0 Å². The maximum atomic E-state index is 8.69. The van der Waals surface area contributed by atoms with Gasteiger partial charge in [0, 0.05) is 5.75 Å². The van der Waals surface area contributed by atoms with Gasteiger partial charge in [-0.3, -0.25) is 0 Å². The van der Waals surface area contributed by atoms with Gasteiger partial charge in [0.25, 0.3) is 0 Å². The highest BCUT2D eigenvalue weighted by molar-refractivity contribution is 7.99. The number of thioether (sulfide) groups is 1. The summed E-state index contributed by atoms with van der Waals surface area (Å²) < 4.78 is 0. The van der Waals surface area contributed by atoms with E-state index in [0.717, 1.165) is 18.6 Å². The minimum absolute atomic E-state index is 0.111. The van der Waals surface area contributed by atoms with Gasteiger partial charge in [-0.25, -0.2) is 0 Å². The van der Waals surface area contributed by atoms with Crippen LogP contribution in [0.3, 0.4) is 0 Å². The molecule has 0 spiro atoms. The Kier molecular flexibility index (Phi) is 2.62. The second kappa shape index (κ2) is 3.30. The van der Waals surface area contributed by atoms with Gasteiger partial charge in [-0.05, 0) is 25.0 Å². The van der Waals surface area contributed by atoms with Gasteiger partial charge in [-0.1, -0.05) is 6.92 Å². The number of hydrogen-bond donors (Lipinski definition) is 0. The SMILES string of the molecule is CCCSCC1(C#N)CC1. The summed E-state index contributed by atoms with van der Waals surface area (Å²) in [6.45, 7) is 2.18. The standard InChI is InChI=1S/C8H13NS/c1-2-5-10-7-8(6-9)3-4-8/h2-5,7H2,1H3. The quantitative estimate of drug-likeness (QED) is 0.582. The number of nitrogens with zero attached hydrogens (tertiary/aromatic N) is 1. The van der Waals surface area contributed by atoms with Crippen LogP contribution in [0.5, 0.6) is 0 Å². The first-order chi connectivity index (χ1) is 4.83. The Labute approximate surface area is 66.8 Å². The molecule has 0 atom stereocenters. The molecule has 1 aliphatic carbocycles. The minimum atomic E-state index is 0.111. The first-order valence-electron chi connectivity index (χ1n) is 3.82. The van der Waals surface area contributed by atoms with E-state index in [9.17, 15) is 0 Å². The molecule has 2 heteroatoms. The van der Waals surface area contributed by atoms with Crippen LogP contribution in [0.15, 0.2) is 0 Å². The second-order valence-electron chi connectivity index (χ2n) is 2.94. The summed E-state index contributed by atoms with van der Waals surface area (Å²) >= 11 is 1.92. The largest absolute Gasteiger partial charge is 0.198 e. The van der Waals surface area contributed by atoms with E-state index >= 15 is 0 Å². The van der Waals surface area contributed by atoms with Crippen molar-refractivity contribution in [2.45, 2.75) is 26.2 Å². The van der Waals surface area contributed by atoms with Crippen LogP contribution >= 0.6 is 11.8 Å². The van der Waals surface area contributed by atoms with E-state index in [4.69, 9.17) is 5.26 Å². The number of hydrogen-bond acceptors (Lipinski definition) is 2. The molecule has 0 radical (unpaired) electrons. The topological polar surface area (TPSA) is 23.8 Å². The highest BCUT2D eigenvalue weighted by atomic mass is 32.2. The lowest BCUT2D eigenvalue weighted by atomic mass is 10.2.